The molecule has 0 saturated heterocycles. The molecular weight excluding hydrogens is 280 g/mol. The summed E-state index contributed by atoms with van der Waals surface area (Å²) in [6.45, 7) is 6.83. The number of aromatic nitrogens is 1. The zero-order valence-corrected chi connectivity index (χ0v) is 13.7. The molecule has 110 valence electrons. The van der Waals surface area contributed by atoms with E-state index >= 15 is 0 Å². The Bertz CT molecular complexity index is 655. The van der Waals surface area contributed by atoms with E-state index in [1.807, 2.05) is 13.0 Å². The molecule has 0 aliphatic heterocycles. The molecule has 1 heterocycles. The number of hydrogen-bond donors (Lipinski definition) is 0. The molecule has 0 N–H and O–H groups in total. The first-order chi connectivity index (χ1) is 10.0. The first-order valence-electron chi connectivity index (χ1n) is 6.98. The Kier molecular flexibility index (Phi) is 5.02. The van der Waals surface area contributed by atoms with E-state index < -0.39 is 0 Å². The van der Waals surface area contributed by atoms with Crippen LogP contribution in [0.25, 0.3) is 0 Å². The Hall–Kier alpha value is -1.81. The van der Waals surface area contributed by atoms with Crippen molar-refractivity contribution >= 4 is 17.7 Å². The van der Waals surface area contributed by atoms with Gasteiger partial charge in [0.15, 0.2) is 0 Å². The van der Waals surface area contributed by atoms with Crippen molar-refractivity contribution < 1.29 is 4.79 Å². The predicted octanol–water partition coefficient (Wildman–Crippen LogP) is 3.94. The average Bonchev–Trinajstić information content (AvgIpc) is 2.50. The van der Waals surface area contributed by atoms with Gasteiger partial charge in [0.25, 0.3) is 5.91 Å². The van der Waals surface area contributed by atoms with Gasteiger partial charge in [-0.05, 0) is 56.2 Å². The second kappa shape index (κ2) is 6.76. The van der Waals surface area contributed by atoms with Crippen molar-refractivity contribution in [2.45, 2.75) is 30.7 Å². The lowest BCUT2D eigenvalue weighted by molar-refractivity contribution is 0.0798. The van der Waals surface area contributed by atoms with E-state index in [4.69, 9.17) is 0 Å². The van der Waals surface area contributed by atoms with Gasteiger partial charge in [-0.25, -0.2) is 4.98 Å². The van der Waals surface area contributed by atoms with E-state index in [9.17, 15) is 4.79 Å². The summed E-state index contributed by atoms with van der Waals surface area (Å²) in [5.74, 6) is 0.0110. The third-order valence-corrected chi connectivity index (χ3v) is 4.52. The molecule has 2 rings (SSSR count). The molecule has 0 unspecified atom stereocenters. The molecule has 0 saturated carbocycles. The molecule has 0 bridgehead atoms. The molecule has 4 heteroatoms. The van der Waals surface area contributed by atoms with Crippen molar-refractivity contribution in [3.05, 3.63) is 53.2 Å². The molecule has 0 atom stereocenters. The molecule has 1 aromatic carbocycles. The zero-order valence-electron chi connectivity index (χ0n) is 12.9. The van der Waals surface area contributed by atoms with Crippen LogP contribution >= 0.6 is 11.8 Å². The van der Waals surface area contributed by atoms with Crippen molar-refractivity contribution in [3.63, 3.8) is 0 Å². The van der Waals surface area contributed by atoms with Crippen LogP contribution in [-0.4, -0.2) is 29.4 Å². The van der Waals surface area contributed by atoms with Gasteiger partial charge < -0.3 is 4.90 Å². The minimum Gasteiger partial charge on any atom is -0.342 e. The number of hydrogen-bond acceptors (Lipinski definition) is 3. The second-order valence-electron chi connectivity index (χ2n) is 5.02. The fourth-order valence-electron chi connectivity index (χ4n) is 1.87. The highest BCUT2D eigenvalue weighted by atomic mass is 32.2. The molecule has 0 spiro atoms. The van der Waals surface area contributed by atoms with E-state index in [1.54, 1.807) is 24.2 Å². The Morgan fingerprint density at radius 3 is 2.67 bits per heavy atom. The standard InChI is InChI=1S/C17H20N2OS/c1-5-19(4)17(20)15-7-6-10-18-16(15)21-14-9-8-12(2)13(3)11-14/h6-11H,5H2,1-4H3. The maximum absolute atomic E-state index is 12.4. The summed E-state index contributed by atoms with van der Waals surface area (Å²) in [5.41, 5.74) is 3.17. The molecule has 0 radical (unpaired) electrons. The van der Waals surface area contributed by atoms with Crippen molar-refractivity contribution in [2.24, 2.45) is 0 Å². The van der Waals surface area contributed by atoms with Crippen LogP contribution in [0, 0.1) is 13.8 Å². The normalized spacial score (nSPS) is 10.5. The van der Waals surface area contributed by atoms with Crippen LogP contribution in [0.2, 0.25) is 0 Å². The number of pyridine rings is 1. The van der Waals surface area contributed by atoms with E-state index in [2.05, 4.69) is 37.0 Å². The van der Waals surface area contributed by atoms with Crippen LogP contribution in [0.4, 0.5) is 0 Å². The molecule has 3 nitrogen and oxygen atoms in total. The van der Waals surface area contributed by atoms with Crippen molar-refractivity contribution in [3.8, 4) is 0 Å². The monoisotopic (exact) mass is 300 g/mol. The fraction of sp³-hybridized carbons (Fsp3) is 0.294. The largest absolute Gasteiger partial charge is 0.342 e. The Balaban J connectivity index is 2.32. The molecule has 1 amide bonds. The first kappa shape index (κ1) is 15.6. The number of amides is 1. The topological polar surface area (TPSA) is 33.2 Å². The highest BCUT2D eigenvalue weighted by Crippen LogP contribution is 2.30. The van der Waals surface area contributed by atoms with Crippen LogP contribution in [-0.2, 0) is 0 Å². The Labute approximate surface area is 130 Å². The van der Waals surface area contributed by atoms with Gasteiger partial charge in [-0.3, -0.25) is 4.79 Å². The summed E-state index contributed by atoms with van der Waals surface area (Å²) in [5, 5.41) is 0.756. The number of benzene rings is 1. The zero-order chi connectivity index (χ0) is 15.4. The molecule has 0 aliphatic rings. The van der Waals surface area contributed by atoms with E-state index in [1.165, 1.54) is 22.9 Å². The van der Waals surface area contributed by atoms with Crippen molar-refractivity contribution in [2.75, 3.05) is 13.6 Å². The minimum absolute atomic E-state index is 0.0110. The quantitative estimate of drug-likeness (QED) is 0.857. The van der Waals surface area contributed by atoms with E-state index in [0.29, 0.717) is 12.1 Å². The maximum atomic E-state index is 12.4. The van der Waals surface area contributed by atoms with Crippen molar-refractivity contribution in [1.29, 1.82) is 0 Å². The average molecular weight is 300 g/mol. The van der Waals surface area contributed by atoms with Crippen LogP contribution in [0.3, 0.4) is 0 Å². The van der Waals surface area contributed by atoms with E-state index in [0.717, 1.165) is 9.92 Å². The summed E-state index contributed by atoms with van der Waals surface area (Å²) < 4.78 is 0. The number of carbonyl (C=O) groups is 1. The smallest absolute Gasteiger partial charge is 0.256 e. The highest BCUT2D eigenvalue weighted by Gasteiger charge is 2.16. The third-order valence-electron chi connectivity index (χ3n) is 3.52. The van der Waals surface area contributed by atoms with Gasteiger partial charge in [-0.15, -0.1) is 0 Å². The number of aryl methyl sites for hydroxylation is 2. The molecule has 2 aromatic rings. The van der Waals surface area contributed by atoms with Crippen molar-refractivity contribution in [1.82, 2.24) is 9.88 Å². The summed E-state index contributed by atoms with van der Waals surface area (Å²) in [6, 6.07) is 9.94. The van der Waals surface area contributed by atoms with Gasteiger partial charge in [-0.1, -0.05) is 17.8 Å². The summed E-state index contributed by atoms with van der Waals surface area (Å²) in [7, 11) is 1.81. The van der Waals surface area contributed by atoms with Gasteiger partial charge in [0.1, 0.15) is 5.03 Å². The summed E-state index contributed by atoms with van der Waals surface area (Å²) in [4.78, 5) is 19.6. The van der Waals surface area contributed by atoms with Gasteiger partial charge in [0, 0.05) is 24.7 Å². The molecule has 21 heavy (non-hydrogen) atoms. The predicted molar refractivity (Wildman–Crippen MR) is 86.9 cm³/mol. The van der Waals surface area contributed by atoms with Gasteiger partial charge >= 0.3 is 0 Å². The number of rotatable bonds is 4. The third kappa shape index (κ3) is 3.64. The lowest BCUT2D eigenvalue weighted by atomic mass is 10.1. The second-order valence-corrected chi connectivity index (χ2v) is 6.09. The highest BCUT2D eigenvalue weighted by molar-refractivity contribution is 7.99. The summed E-state index contributed by atoms with van der Waals surface area (Å²) in [6.07, 6.45) is 1.73. The Morgan fingerprint density at radius 1 is 1.24 bits per heavy atom. The Morgan fingerprint density at radius 2 is 2.00 bits per heavy atom. The lowest BCUT2D eigenvalue weighted by Crippen LogP contribution is -2.26. The summed E-state index contributed by atoms with van der Waals surface area (Å²) >= 11 is 1.53. The molecule has 1 aromatic heterocycles. The number of carbonyl (C=O) groups excluding carboxylic acids is 1. The first-order valence-corrected chi connectivity index (χ1v) is 7.80. The van der Waals surface area contributed by atoms with Crippen LogP contribution in [0.1, 0.15) is 28.4 Å². The van der Waals surface area contributed by atoms with Crippen LogP contribution in [0.5, 0.6) is 0 Å². The number of nitrogens with zero attached hydrogens (tertiary/aromatic N) is 2. The minimum atomic E-state index is 0.0110. The lowest BCUT2D eigenvalue weighted by Gasteiger charge is -2.16. The van der Waals surface area contributed by atoms with Crippen LogP contribution in [0.15, 0.2) is 46.5 Å². The SMILES string of the molecule is CCN(C)C(=O)c1cccnc1Sc1ccc(C)c(C)c1. The molecular formula is C17H20N2OS. The molecule has 0 aliphatic carbocycles. The van der Waals surface area contributed by atoms with Gasteiger partial charge in [0.05, 0.1) is 5.56 Å². The van der Waals surface area contributed by atoms with E-state index in [-0.39, 0.29) is 5.91 Å². The molecule has 0 fully saturated rings. The van der Waals surface area contributed by atoms with Gasteiger partial charge in [0.2, 0.25) is 0 Å². The van der Waals surface area contributed by atoms with Gasteiger partial charge in [-0.2, -0.15) is 0 Å². The maximum Gasteiger partial charge on any atom is 0.256 e. The van der Waals surface area contributed by atoms with Crippen LogP contribution < -0.4 is 0 Å². The fourth-order valence-corrected chi connectivity index (χ4v) is 2.85.